The molecule has 1 aliphatic rings. The van der Waals surface area contributed by atoms with Gasteiger partial charge in [0.05, 0.1) is 10.7 Å². The number of rotatable bonds is 7. The lowest BCUT2D eigenvalue weighted by atomic mass is 10.1. The first-order valence-electron chi connectivity index (χ1n) is 11.0. The molecule has 0 radical (unpaired) electrons. The Bertz CT molecular complexity index is 1240. The maximum atomic E-state index is 11.3. The minimum absolute atomic E-state index is 0.113. The van der Waals surface area contributed by atoms with E-state index in [-0.39, 0.29) is 6.42 Å². The fraction of sp³-hybridized carbons (Fsp3) is 0.308. The standard InChI is InChI=1S/C26H28N2O2S2/c1-5-19(15-24-27(6-2)20-13-17(3)7-9-22(20)31-24)16-25-28(12-11-26(29)30)21-14-18(4)8-10-23(21)32-25/h7-10,13-16H,5-6,11-12H2,1-4H3/p+1. The van der Waals surface area contributed by atoms with Gasteiger partial charge in [0, 0.05) is 23.6 Å². The summed E-state index contributed by atoms with van der Waals surface area (Å²) >= 11 is 3.55. The topological polar surface area (TPSA) is 44.4 Å². The summed E-state index contributed by atoms with van der Waals surface area (Å²) in [6.07, 6.45) is 5.54. The van der Waals surface area contributed by atoms with Crippen LogP contribution in [-0.2, 0) is 11.3 Å². The second kappa shape index (κ2) is 9.51. The minimum Gasteiger partial charge on any atom is -0.481 e. The monoisotopic (exact) mass is 465 g/mol. The molecule has 0 aliphatic carbocycles. The maximum Gasteiger partial charge on any atom is 0.309 e. The van der Waals surface area contributed by atoms with Crippen LogP contribution >= 0.6 is 23.1 Å². The van der Waals surface area contributed by atoms with Crippen molar-refractivity contribution in [3.05, 3.63) is 69.2 Å². The summed E-state index contributed by atoms with van der Waals surface area (Å²) < 4.78 is 3.34. The number of carbonyl (C=O) groups is 1. The first-order valence-corrected chi connectivity index (χ1v) is 12.7. The van der Waals surface area contributed by atoms with Gasteiger partial charge in [0.1, 0.15) is 11.1 Å². The summed E-state index contributed by atoms with van der Waals surface area (Å²) in [7, 11) is 0. The van der Waals surface area contributed by atoms with E-state index in [0.717, 1.165) is 23.5 Å². The Hall–Kier alpha value is -2.57. The Balaban J connectivity index is 1.75. The van der Waals surface area contributed by atoms with Crippen molar-refractivity contribution in [1.82, 2.24) is 0 Å². The van der Waals surface area contributed by atoms with Crippen LogP contribution < -0.4 is 9.47 Å². The molecular formula is C26H29N2O2S2+. The Labute approximate surface area is 197 Å². The summed E-state index contributed by atoms with van der Waals surface area (Å²) in [5, 5.41) is 11.6. The number of carboxylic acids is 1. The summed E-state index contributed by atoms with van der Waals surface area (Å²) in [4.78, 5) is 15.0. The SMILES string of the molecule is CCC(=Cc1sc2ccc(C)cc2[n+]1CCC(=O)O)C=C1Sc2ccc(C)cc2N1CC. The molecule has 0 fully saturated rings. The number of thiazole rings is 1. The lowest BCUT2D eigenvalue weighted by Gasteiger charge is -2.18. The van der Waals surface area contributed by atoms with E-state index in [0.29, 0.717) is 6.54 Å². The number of anilines is 1. The van der Waals surface area contributed by atoms with E-state index in [2.05, 4.69) is 85.7 Å². The molecule has 3 aromatic rings. The molecule has 32 heavy (non-hydrogen) atoms. The fourth-order valence-electron chi connectivity index (χ4n) is 3.96. The second-order valence-electron chi connectivity index (χ2n) is 8.08. The van der Waals surface area contributed by atoms with E-state index in [1.807, 2.05) is 11.8 Å². The number of aliphatic carboxylic acids is 1. The van der Waals surface area contributed by atoms with E-state index in [9.17, 15) is 9.90 Å². The highest BCUT2D eigenvalue weighted by molar-refractivity contribution is 8.03. The van der Waals surface area contributed by atoms with Crippen molar-refractivity contribution in [2.45, 2.75) is 52.0 Å². The number of hydrogen-bond donors (Lipinski definition) is 1. The summed E-state index contributed by atoms with van der Waals surface area (Å²) in [6, 6.07) is 13.0. The van der Waals surface area contributed by atoms with Crippen molar-refractivity contribution in [3.63, 3.8) is 0 Å². The van der Waals surface area contributed by atoms with Crippen LogP contribution in [0.2, 0.25) is 0 Å². The van der Waals surface area contributed by atoms with E-state index >= 15 is 0 Å². The second-order valence-corrected chi connectivity index (χ2v) is 10.2. The van der Waals surface area contributed by atoms with Gasteiger partial charge in [0.25, 0.3) is 5.01 Å². The number of aromatic nitrogens is 1. The van der Waals surface area contributed by atoms with Gasteiger partial charge in [-0.1, -0.05) is 42.2 Å². The van der Waals surface area contributed by atoms with Crippen molar-refractivity contribution in [2.24, 2.45) is 0 Å². The van der Waals surface area contributed by atoms with Gasteiger partial charge in [-0.3, -0.25) is 4.79 Å². The van der Waals surface area contributed by atoms with Crippen molar-refractivity contribution < 1.29 is 14.5 Å². The predicted octanol–water partition coefficient (Wildman–Crippen LogP) is 6.55. The molecule has 4 nitrogen and oxygen atoms in total. The number of fused-ring (bicyclic) bond motifs is 2. The lowest BCUT2D eigenvalue weighted by Crippen LogP contribution is -2.36. The molecule has 1 aromatic heterocycles. The van der Waals surface area contributed by atoms with Crippen LogP contribution in [0.25, 0.3) is 16.3 Å². The summed E-state index contributed by atoms with van der Waals surface area (Å²) in [5.41, 5.74) is 6.09. The number of nitrogens with zero attached hydrogens (tertiary/aromatic N) is 2. The van der Waals surface area contributed by atoms with Crippen LogP contribution in [0.5, 0.6) is 0 Å². The minimum atomic E-state index is -0.772. The maximum absolute atomic E-state index is 11.3. The summed E-state index contributed by atoms with van der Waals surface area (Å²) in [6.45, 7) is 9.97. The van der Waals surface area contributed by atoms with Crippen molar-refractivity contribution in [3.8, 4) is 0 Å². The molecule has 0 unspecified atom stereocenters. The third-order valence-electron chi connectivity index (χ3n) is 5.66. The highest BCUT2D eigenvalue weighted by Crippen LogP contribution is 2.46. The number of benzene rings is 2. The third kappa shape index (κ3) is 4.62. The van der Waals surface area contributed by atoms with Gasteiger partial charge in [-0.15, -0.1) is 0 Å². The average molecular weight is 466 g/mol. The molecule has 4 rings (SSSR count). The molecule has 6 heteroatoms. The molecular weight excluding hydrogens is 436 g/mol. The molecule has 0 saturated carbocycles. The van der Waals surface area contributed by atoms with Gasteiger partial charge in [-0.2, -0.15) is 4.57 Å². The average Bonchev–Trinajstić information content (AvgIpc) is 3.27. The molecule has 0 atom stereocenters. The van der Waals surface area contributed by atoms with Gasteiger partial charge in [0.15, 0.2) is 6.54 Å². The van der Waals surface area contributed by atoms with Gasteiger partial charge in [0.2, 0.25) is 5.52 Å². The molecule has 0 amide bonds. The van der Waals surface area contributed by atoms with E-state index in [4.69, 9.17) is 0 Å². The molecule has 1 N–H and O–H groups in total. The Kier molecular flexibility index (Phi) is 6.72. The largest absolute Gasteiger partial charge is 0.481 e. The van der Waals surface area contributed by atoms with E-state index in [1.54, 1.807) is 11.3 Å². The molecule has 0 spiro atoms. The van der Waals surface area contributed by atoms with Crippen LogP contribution in [0.3, 0.4) is 0 Å². The zero-order chi connectivity index (χ0) is 22.8. The Morgan fingerprint density at radius 3 is 2.59 bits per heavy atom. The molecule has 0 bridgehead atoms. The molecule has 2 heterocycles. The smallest absolute Gasteiger partial charge is 0.309 e. The van der Waals surface area contributed by atoms with E-state index in [1.165, 1.54) is 37.0 Å². The third-order valence-corrected chi connectivity index (χ3v) is 7.89. The van der Waals surface area contributed by atoms with Gasteiger partial charge in [-0.05, 0) is 68.2 Å². The zero-order valence-corrected chi connectivity index (χ0v) is 20.6. The van der Waals surface area contributed by atoms with Crippen LogP contribution in [0, 0.1) is 13.8 Å². The van der Waals surface area contributed by atoms with Gasteiger partial charge >= 0.3 is 5.97 Å². The highest BCUT2D eigenvalue weighted by Gasteiger charge is 2.25. The number of carboxylic acid groups (broad SMARTS) is 1. The normalized spacial score (nSPS) is 15.1. The van der Waals surface area contributed by atoms with Crippen LogP contribution in [0.4, 0.5) is 5.69 Å². The van der Waals surface area contributed by atoms with Crippen LogP contribution in [0.15, 0.2) is 58.0 Å². The Morgan fingerprint density at radius 2 is 1.88 bits per heavy atom. The number of hydrogen-bond acceptors (Lipinski definition) is 4. The first-order chi connectivity index (χ1) is 15.4. The zero-order valence-electron chi connectivity index (χ0n) is 19.0. The summed E-state index contributed by atoms with van der Waals surface area (Å²) in [5.74, 6) is -0.772. The van der Waals surface area contributed by atoms with Crippen molar-refractivity contribution in [1.29, 1.82) is 0 Å². The van der Waals surface area contributed by atoms with E-state index < -0.39 is 5.97 Å². The number of allylic oxidation sites excluding steroid dienone is 2. The fourth-order valence-corrected chi connectivity index (χ4v) is 6.29. The lowest BCUT2D eigenvalue weighted by molar-refractivity contribution is -0.667. The highest BCUT2D eigenvalue weighted by atomic mass is 32.2. The van der Waals surface area contributed by atoms with Crippen molar-refractivity contribution >= 4 is 51.0 Å². The quantitative estimate of drug-likeness (QED) is 0.402. The predicted molar refractivity (Wildman–Crippen MR) is 135 cm³/mol. The van der Waals surface area contributed by atoms with Crippen LogP contribution in [-0.4, -0.2) is 17.6 Å². The number of thioether (sulfide) groups is 1. The molecule has 1 aliphatic heterocycles. The molecule has 166 valence electrons. The van der Waals surface area contributed by atoms with Crippen molar-refractivity contribution in [2.75, 3.05) is 11.4 Å². The van der Waals surface area contributed by atoms with Gasteiger partial charge in [-0.25, -0.2) is 0 Å². The van der Waals surface area contributed by atoms with Crippen LogP contribution in [0.1, 0.15) is 42.8 Å². The first kappa shape index (κ1) is 22.6. The molecule has 0 saturated heterocycles. The molecule has 2 aromatic carbocycles. The number of aryl methyl sites for hydroxylation is 3. The van der Waals surface area contributed by atoms with Gasteiger partial charge < -0.3 is 10.0 Å². The Morgan fingerprint density at radius 1 is 1.12 bits per heavy atom.